The minimum atomic E-state index is -1.47. The molecule has 3 aliphatic rings. The monoisotopic (exact) mass is 501 g/mol. The SMILES string of the molecule is O=C1NC(=O)C2(CCCN2c2ccc(Oc3ccc4c(c3)CCCN4c3ccc(F)cc3)nc2)C(=O)N1. The number of hydrogen-bond donors (Lipinski definition) is 2. The number of amides is 4. The number of fused-ring (bicyclic) bond motifs is 1. The lowest BCUT2D eigenvalue weighted by Crippen LogP contribution is -2.71. The highest BCUT2D eigenvalue weighted by molar-refractivity contribution is 6.24. The first-order valence-corrected chi connectivity index (χ1v) is 12.2. The van der Waals surface area contributed by atoms with Crippen molar-refractivity contribution in [2.75, 3.05) is 22.9 Å². The normalized spacial score (nSPS) is 18.5. The second-order valence-corrected chi connectivity index (χ2v) is 9.33. The largest absolute Gasteiger partial charge is 0.439 e. The molecule has 9 nitrogen and oxygen atoms in total. The van der Waals surface area contributed by atoms with Crippen LogP contribution in [0.4, 0.5) is 26.2 Å². The highest BCUT2D eigenvalue weighted by Crippen LogP contribution is 2.38. The highest BCUT2D eigenvalue weighted by atomic mass is 19.1. The van der Waals surface area contributed by atoms with E-state index in [9.17, 15) is 18.8 Å². The zero-order chi connectivity index (χ0) is 25.6. The van der Waals surface area contributed by atoms with Crippen LogP contribution in [0.5, 0.6) is 11.6 Å². The van der Waals surface area contributed by atoms with E-state index < -0.39 is 23.4 Å². The van der Waals surface area contributed by atoms with E-state index in [1.807, 2.05) is 18.2 Å². The molecule has 2 saturated heterocycles. The quantitative estimate of drug-likeness (QED) is 0.524. The third-order valence-corrected chi connectivity index (χ3v) is 7.15. The van der Waals surface area contributed by atoms with Gasteiger partial charge in [0.15, 0.2) is 5.54 Å². The topological polar surface area (TPSA) is 104 Å². The fourth-order valence-corrected chi connectivity index (χ4v) is 5.43. The van der Waals surface area contributed by atoms with E-state index in [4.69, 9.17) is 4.74 Å². The number of carbonyl (C=O) groups is 3. The van der Waals surface area contributed by atoms with E-state index in [2.05, 4.69) is 20.5 Å². The van der Waals surface area contributed by atoms with Gasteiger partial charge in [0.2, 0.25) is 5.88 Å². The number of aromatic nitrogens is 1. The average Bonchev–Trinajstić information content (AvgIpc) is 3.34. The lowest BCUT2D eigenvalue weighted by molar-refractivity contribution is -0.137. The minimum absolute atomic E-state index is 0.261. The van der Waals surface area contributed by atoms with Gasteiger partial charge in [-0.1, -0.05) is 0 Å². The third kappa shape index (κ3) is 3.94. The van der Waals surface area contributed by atoms with Crippen molar-refractivity contribution in [1.82, 2.24) is 15.6 Å². The van der Waals surface area contributed by atoms with Gasteiger partial charge in [0.05, 0.1) is 11.9 Å². The van der Waals surface area contributed by atoms with Gasteiger partial charge in [0.25, 0.3) is 11.8 Å². The molecule has 37 heavy (non-hydrogen) atoms. The molecule has 10 heteroatoms. The molecule has 0 saturated carbocycles. The number of aryl methyl sites for hydroxylation is 1. The van der Waals surface area contributed by atoms with Gasteiger partial charge in [-0.15, -0.1) is 0 Å². The summed E-state index contributed by atoms with van der Waals surface area (Å²) in [5.41, 5.74) is 2.26. The fourth-order valence-electron chi connectivity index (χ4n) is 5.43. The van der Waals surface area contributed by atoms with Crippen LogP contribution in [0.2, 0.25) is 0 Å². The molecule has 188 valence electrons. The van der Waals surface area contributed by atoms with E-state index in [1.165, 1.54) is 12.1 Å². The molecular formula is C27H24FN5O4. The molecule has 1 spiro atoms. The first-order valence-electron chi connectivity index (χ1n) is 12.2. The highest BCUT2D eigenvalue weighted by Gasteiger charge is 2.57. The Morgan fingerprint density at radius 1 is 0.892 bits per heavy atom. The number of carbonyl (C=O) groups excluding carboxylic acids is 3. The van der Waals surface area contributed by atoms with Gasteiger partial charge in [-0.3, -0.25) is 20.2 Å². The van der Waals surface area contributed by atoms with Gasteiger partial charge >= 0.3 is 6.03 Å². The molecule has 0 atom stereocenters. The van der Waals surface area contributed by atoms with Crippen LogP contribution in [0.15, 0.2) is 60.8 Å². The van der Waals surface area contributed by atoms with Crippen LogP contribution in [-0.4, -0.2) is 41.5 Å². The number of nitrogens with zero attached hydrogens (tertiary/aromatic N) is 3. The molecule has 6 rings (SSSR count). The van der Waals surface area contributed by atoms with Crippen molar-refractivity contribution in [3.63, 3.8) is 0 Å². The number of benzene rings is 2. The zero-order valence-corrected chi connectivity index (χ0v) is 19.9. The van der Waals surface area contributed by atoms with Crippen LogP contribution >= 0.6 is 0 Å². The molecule has 3 aliphatic heterocycles. The van der Waals surface area contributed by atoms with Gasteiger partial charge in [-0.25, -0.2) is 14.2 Å². The number of pyridine rings is 1. The second-order valence-electron chi connectivity index (χ2n) is 9.33. The van der Waals surface area contributed by atoms with Gasteiger partial charge in [0, 0.05) is 30.5 Å². The Bertz CT molecular complexity index is 1370. The Morgan fingerprint density at radius 2 is 1.65 bits per heavy atom. The van der Waals surface area contributed by atoms with Crippen LogP contribution in [0.25, 0.3) is 0 Å². The van der Waals surface area contributed by atoms with Crippen molar-refractivity contribution in [3.8, 4) is 11.6 Å². The van der Waals surface area contributed by atoms with Crippen molar-refractivity contribution >= 4 is 34.9 Å². The Balaban J connectivity index is 1.20. The molecule has 0 radical (unpaired) electrons. The molecule has 0 aliphatic carbocycles. The van der Waals surface area contributed by atoms with E-state index in [-0.39, 0.29) is 5.82 Å². The number of ether oxygens (including phenoxy) is 1. The summed E-state index contributed by atoms with van der Waals surface area (Å²) in [6.45, 7) is 1.33. The molecular weight excluding hydrogens is 477 g/mol. The van der Waals surface area contributed by atoms with Crippen molar-refractivity contribution in [3.05, 3.63) is 72.2 Å². The van der Waals surface area contributed by atoms with Crippen LogP contribution < -0.4 is 25.2 Å². The fraction of sp³-hybridized carbons (Fsp3) is 0.259. The van der Waals surface area contributed by atoms with E-state index in [0.29, 0.717) is 36.7 Å². The Morgan fingerprint density at radius 3 is 2.38 bits per heavy atom. The molecule has 1 aromatic heterocycles. The summed E-state index contributed by atoms with van der Waals surface area (Å²) in [5, 5.41) is 4.42. The third-order valence-electron chi connectivity index (χ3n) is 7.15. The summed E-state index contributed by atoms with van der Waals surface area (Å²) in [7, 11) is 0. The predicted octanol–water partition coefficient (Wildman–Crippen LogP) is 3.80. The molecule has 2 N–H and O–H groups in total. The summed E-state index contributed by atoms with van der Waals surface area (Å²) in [5.74, 6) is -0.493. The summed E-state index contributed by atoms with van der Waals surface area (Å²) in [4.78, 5) is 45.2. The minimum Gasteiger partial charge on any atom is -0.439 e. The summed E-state index contributed by atoms with van der Waals surface area (Å²) in [6, 6.07) is 15.0. The number of hydrogen-bond acceptors (Lipinski definition) is 7. The molecule has 4 amide bonds. The number of urea groups is 1. The Kier molecular flexibility index (Phi) is 5.51. The van der Waals surface area contributed by atoms with E-state index in [0.717, 1.165) is 36.3 Å². The number of nitrogens with one attached hydrogen (secondary N) is 2. The molecule has 4 heterocycles. The summed E-state index contributed by atoms with van der Waals surface area (Å²) >= 11 is 0. The van der Waals surface area contributed by atoms with Gasteiger partial charge in [0.1, 0.15) is 11.6 Å². The molecule has 2 aromatic carbocycles. The van der Waals surface area contributed by atoms with Crippen LogP contribution in [0.3, 0.4) is 0 Å². The number of anilines is 3. The predicted molar refractivity (Wildman–Crippen MR) is 133 cm³/mol. The number of rotatable bonds is 4. The lowest BCUT2D eigenvalue weighted by Gasteiger charge is -2.38. The van der Waals surface area contributed by atoms with Crippen molar-refractivity contribution in [2.45, 2.75) is 31.2 Å². The number of halogens is 1. The smallest absolute Gasteiger partial charge is 0.328 e. The van der Waals surface area contributed by atoms with Gasteiger partial charge < -0.3 is 14.5 Å². The lowest BCUT2D eigenvalue weighted by atomic mass is 9.92. The zero-order valence-electron chi connectivity index (χ0n) is 19.9. The number of barbiturate groups is 1. The van der Waals surface area contributed by atoms with Crippen LogP contribution in [0.1, 0.15) is 24.8 Å². The maximum atomic E-state index is 13.4. The average molecular weight is 502 g/mol. The van der Waals surface area contributed by atoms with Crippen molar-refractivity contribution in [1.29, 1.82) is 0 Å². The van der Waals surface area contributed by atoms with Crippen molar-refractivity contribution < 1.29 is 23.5 Å². The standard InChI is InChI=1S/C27H24FN5O4/c28-18-4-6-19(7-5-18)32-13-1-3-17-15-21(9-10-22(17)32)37-23-11-8-20(16-29-23)33-14-2-12-27(33)24(34)30-26(36)31-25(27)35/h4-11,15-16H,1-3,12-14H2,(H2,30,31,34,35,36). The Labute approximate surface area is 212 Å². The molecule has 2 fully saturated rings. The Hall–Kier alpha value is -4.47. The first kappa shape index (κ1) is 23.0. The molecule has 3 aromatic rings. The molecule has 0 bridgehead atoms. The van der Waals surface area contributed by atoms with Crippen LogP contribution in [0, 0.1) is 5.82 Å². The summed E-state index contributed by atoms with van der Waals surface area (Å²) < 4.78 is 19.4. The maximum Gasteiger partial charge on any atom is 0.328 e. The van der Waals surface area contributed by atoms with Gasteiger partial charge in [-0.2, -0.15) is 0 Å². The van der Waals surface area contributed by atoms with Crippen LogP contribution in [-0.2, 0) is 16.0 Å². The van der Waals surface area contributed by atoms with Crippen molar-refractivity contribution in [2.24, 2.45) is 0 Å². The molecule has 0 unspecified atom stereocenters. The van der Waals surface area contributed by atoms with E-state index in [1.54, 1.807) is 35.4 Å². The second kappa shape index (κ2) is 8.88. The summed E-state index contributed by atoms with van der Waals surface area (Å²) in [6.07, 6.45) is 4.36. The van der Waals surface area contributed by atoms with E-state index >= 15 is 0 Å². The first-order chi connectivity index (χ1) is 17.9. The number of imide groups is 2. The van der Waals surface area contributed by atoms with Gasteiger partial charge in [-0.05, 0) is 79.8 Å². The maximum absolute atomic E-state index is 13.4.